The molecule has 0 aromatic heterocycles. The standard InChI is InChI=1S/C13H19NO/c1-9(2)10-3-5-11(6-4-10)13(14)7-12(15)8-13/h3-6,9,12,15H,7-8,14H2,1-2H3. The van der Waals surface area contributed by atoms with Crippen molar-refractivity contribution in [3.05, 3.63) is 35.4 Å². The number of hydrogen-bond acceptors (Lipinski definition) is 2. The lowest BCUT2D eigenvalue weighted by Gasteiger charge is -2.42. The van der Waals surface area contributed by atoms with Crippen LogP contribution in [0.1, 0.15) is 43.7 Å². The van der Waals surface area contributed by atoms with Gasteiger partial charge in [-0.05, 0) is 29.9 Å². The molecule has 2 heteroatoms. The normalized spacial score (nSPS) is 30.3. The van der Waals surface area contributed by atoms with Crippen LogP contribution in [0.15, 0.2) is 24.3 Å². The molecule has 2 nitrogen and oxygen atoms in total. The molecule has 1 saturated carbocycles. The van der Waals surface area contributed by atoms with E-state index in [0.29, 0.717) is 18.8 Å². The largest absolute Gasteiger partial charge is 0.393 e. The number of benzene rings is 1. The minimum atomic E-state index is -0.283. The van der Waals surface area contributed by atoms with Gasteiger partial charge in [0.05, 0.1) is 6.10 Å². The van der Waals surface area contributed by atoms with Crippen molar-refractivity contribution in [1.29, 1.82) is 0 Å². The van der Waals surface area contributed by atoms with Gasteiger partial charge in [0.15, 0.2) is 0 Å². The molecule has 0 heterocycles. The summed E-state index contributed by atoms with van der Waals surface area (Å²) in [6, 6.07) is 8.47. The van der Waals surface area contributed by atoms with Crippen LogP contribution >= 0.6 is 0 Å². The highest BCUT2D eigenvalue weighted by molar-refractivity contribution is 5.32. The highest BCUT2D eigenvalue weighted by Crippen LogP contribution is 2.39. The summed E-state index contributed by atoms with van der Waals surface area (Å²) in [5.74, 6) is 0.555. The first-order chi connectivity index (χ1) is 7.01. The van der Waals surface area contributed by atoms with Crippen LogP contribution < -0.4 is 5.73 Å². The van der Waals surface area contributed by atoms with E-state index in [1.807, 2.05) is 0 Å². The summed E-state index contributed by atoms with van der Waals surface area (Å²) in [5, 5.41) is 9.31. The van der Waals surface area contributed by atoms with Crippen molar-refractivity contribution in [3.63, 3.8) is 0 Å². The zero-order valence-electron chi connectivity index (χ0n) is 9.40. The van der Waals surface area contributed by atoms with Gasteiger partial charge < -0.3 is 10.8 Å². The molecule has 0 atom stereocenters. The van der Waals surface area contributed by atoms with Crippen molar-refractivity contribution in [2.24, 2.45) is 5.73 Å². The molecule has 1 aromatic carbocycles. The van der Waals surface area contributed by atoms with Crippen LogP contribution in [0.4, 0.5) is 0 Å². The molecule has 1 aliphatic carbocycles. The van der Waals surface area contributed by atoms with Crippen molar-refractivity contribution < 1.29 is 5.11 Å². The van der Waals surface area contributed by atoms with E-state index in [1.54, 1.807) is 0 Å². The van der Waals surface area contributed by atoms with Gasteiger partial charge in [-0.2, -0.15) is 0 Å². The molecule has 1 fully saturated rings. The van der Waals surface area contributed by atoms with Crippen LogP contribution in [0.2, 0.25) is 0 Å². The molecule has 0 radical (unpaired) electrons. The van der Waals surface area contributed by atoms with Gasteiger partial charge in [-0.1, -0.05) is 38.1 Å². The summed E-state index contributed by atoms with van der Waals surface area (Å²) in [7, 11) is 0. The van der Waals surface area contributed by atoms with Gasteiger partial charge in [0.2, 0.25) is 0 Å². The molecule has 0 spiro atoms. The Morgan fingerprint density at radius 3 is 2.20 bits per heavy atom. The van der Waals surface area contributed by atoms with Gasteiger partial charge >= 0.3 is 0 Å². The lowest BCUT2D eigenvalue weighted by atomic mass is 9.70. The first-order valence-electron chi connectivity index (χ1n) is 5.59. The van der Waals surface area contributed by atoms with E-state index < -0.39 is 0 Å². The van der Waals surface area contributed by atoms with E-state index in [1.165, 1.54) is 5.56 Å². The van der Waals surface area contributed by atoms with Crippen molar-refractivity contribution in [2.75, 3.05) is 0 Å². The summed E-state index contributed by atoms with van der Waals surface area (Å²) in [4.78, 5) is 0. The Morgan fingerprint density at radius 1 is 1.27 bits per heavy atom. The van der Waals surface area contributed by atoms with Crippen LogP contribution in [-0.2, 0) is 5.54 Å². The fourth-order valence-corrected chi connectivity index (χ4v) is 2.22. The maximum Gasteiger partial charge on any atom is 0.0582 e. The van der Waals surface area contributed by atoms with Gasteiger partial charge in [-0.3, -0.25) is 0 Å². The van der Waals surface area contributed by atoms with Crippen LogP contribution in [0.25, 0.3) is 0 Å². The van der Waals surface area contributed by atoms with E-state index in [4.69, 9.17) is 5.73 Å². The third-order valence-corrected chi connectivity index (χ3v) is 3.35. The average molecular weight is 205 g/mol. The third-order valence-electron chi connectivity index (χ3n) is 3.35. The van der Waals surface area contributed by atoms with Crippen molar-refractivity contribution >= 4 is 0 Å². The van der Waals surface area contributed by atoms with Gasteiger partial charge in [0, 0.05) is 5.54 Å². The second-order valence-corrected chi connectivity index (χ2v) is 4.99. The quantitative estimate of drug-likeness (QED) is 0.777. The Hall–Kier alpha value is -0.860. The summed E-state index contributed by atoms with van der Waals surface area (Å²) in [6.45, 7) is 4.36. The van der Waals surface area contributed by atoms with Crippen LogP contribution in [-0.4, -0.2) is 11.2 Å². The predicted molar refractivity (Wildman–Crippen MR) is 61.6 cm³/mol. The Kier molecular flexibility index (Phi) is 2.57. The van der Waals surface area contributed by atoms with Crippen molar-refractivity contribution in [2.45, 2.75) is 44.2 Å². The number of nitrogens with two attached hydrogens (primary N) is 1. The molecule has 0 amide bonds. The van der Waals surface area contributed by atoms with Gasteiger partial charge in [-0.25, -0.2) is 0 Å². The summed E-state index contributed by atoms with van der Waals surface area (Å²) < 4.78 is 0. The van der Waals surface area contributed by atoms with Crippen molar-refractivity contribution in [3.8, 4) is 0 Å². The van der Waals surface area contributed by atoms with E-state index in [-0.39, 0.29) is 11.6 Å². The Bertz CT molecular complexity index is 336. The number of rotatable bonds is 2. The smallest absolute Gasteiger partial charge is 0.0582 e. The molecule has 0 aliphatic heterocycles. The van der Waals surface area contributed by atoms with E-state index >= 15 is 0 Å². The molecule has 0 saturated heterocycles. The minimum absolute atomic E-state index is 0.209. The fourth-order valence-electron chi connectivity index (χ4n) is 2.22. The van der Waals surface area contributed by atoms with Gasteiger partial charge in [0.25, 0.3) is 0 Å². The maximum atomic E-state index is 9.31. The Labute approximate surface area is 91.1 Å². The second-order valence-electron chi connectivity index (χ2n) is 4.99. The third kappa shape index (κ3) is 1.92. The minimum Gasteiger partial charge on any atom is -0.393 e. The predicted octanol–water partition coefficient (Wildman–Crippen LogP) is 2.12. The average Bonchev–Trinajstić information content (AvgIpc) is 2.16. The molecule has 2 rings (SSSR count). The first kappa shape index (κ1) is 10.7. The number of aliphatic hydroxyl groups is 1. The SMILES string of the molecule is CC(C)c1ccc(C2(N)CC(O)C2)cc1. The topological polar surface area (TPSA) is 46.2 Å². The molecule has 82 valence electrons. The van der Waals surface area contributed by atoms with E-state index in [2.05, 4.69) is 38.1 Å². The Balaban J connectivity index is 2.17. The van der Waals surface area contributed by atoms with E-state index in [0.717, 1.165) is 5.56 Å². The highest BCUT2D eigenvalue weighted by Gasteiger charge is 2.41. The molecule has 3 N–H and O–H groups in total. The molecular weight excluding hydrogens is 186 g/mol. The second kappa shape index (κ2) is 3.62. The monoisotopic (exact) mass is 205 g/mol. The van der Waals surface area contributed by atoms with Crippen LogP contribution in [0.3, 0.4) is 0 Å². The summed E-state index contributed by atoms with van der Waals surface area (Å²) in [5.41, 5.74) is 8.38. The summed E-state index contributed by atoms with van der Waals surface area (Å²) in [6.07, 6.45) is 1.17. The lowest BCUT2D eigenvalue weighted by Crippen LogP contribution is -2.51. The highest BCUT2D eigenvalue weighted by atomic mass is 16.3. The molecular formula is C13H19NO. The zero-order chi connectivity index (χ0) is 11.1. The Morgan fingerprint density at radius 2 is 1.80 bits per heavy atom. The fraction of sp³-hybridized carbons (Fsp3) is 0.538. The molecule has 1 aromatic rings. The first-order valence-corrected chi connectivity index (χ1v) is 5.59. The van der Waals surface area contributed by atoms with Gasteiger partial charge in [0.1, 0.15) is 0 Å². The van der Waals surface area contributed by atoms with Gasteiger partial charge in [-0.15, -0.1) is 0 Å². The molecule has 0 unspecified atom stereocenters. The zero-order valence-corrected chi connectivity index (χ0v) is 9.40. The number of hydrogen-bond donors (Lipinski definition) is 2. The van der Waals surface area contributed by atoms with Crippen LogP contribution in [0, 0.1) is 0 Å². The lowest BCUT2D eigenvalue weighted by molar-refractivity contribution is 0.0209. The maximum absolute atomic E-state index is 9.31. The molecule has 15 heavy (non-hydrogen) atoms. The number of aliphatic hydroxyl groups excluding tert-OH is 1. The molecule has 1 aliphatic rings. The summed E-state index contributed by atoms with van der Waals surface area (Å²) >= 11 is 0. The van der Waals surface area contributed by atoms with Crippen LogP contribution in [0.5, 0.6) is 0 Å². The van der Waals surface area contributed by atoms with E-state index in [9.17, 15) is 5.11 Å². The van der Waals surface area contributed by atoms with Crippen molar-refractivity contribution in [1.82, 2.24) is 0 Å². The molecule has 0 bridgehead atoms.